The lowest BCUT2D eigenvalue weighted by molar-refractivity contribution is -0.105. The van der Waals surface area contributed by atoms with Crippen LogP contribution in [0.2, 0.25) is 0 Å². The van der Waals surface area contributed by atoms with E-state index in [-0.39, 0.29) is 12.9 Å². The van der Waals surface area contributed by atoms with Crippen molar-refractivity contribution in [3.05, 3.63) is 46.4 Å². The zero-order valence-electron chi connectivity index (χ0n) is 16.2. The fourth-order valence-corrected chi connectivity index (χ4v) is 3.01. The van der Waals surface area contributed by atoms with Crippen LogP contribution in [0.15, 0.2) is 40.9 Å². The summed E-state index contributed by atoms with van der Waals surface area (Å²) in [6.07, 6.45) is -0.716. The second-order valence-corrected chi connectivity index (χ2v) is 6.64. The van der Waals surface area contributed by atoms with Crippen LogP contribution >= 0.6 is 15.9 Å². The predicted molar refractivity (Wildman–Crippen MR) is 106 cm³/mol. The summed E-state index contributed by atoms with van der Waals surface area (Å²) in [5.74, 6) is 2.53. The minimum atomic E-state index is -0.391. The van der Waals surface area contributed by atoms with Crippen LogP contribution in [0.25, 0.3) is 0 Å². The third kappa shape index (κ3) is 5.51. The second-order valence-electron chi connectivity index (χ2n) is 5.73. The number of benzene rings is 2. The molecule has 0 amide bonds. The smallest absolute Gasteiger partial charge is 0.161 e. The zero-order valence-corrected chi connectivity index (χ0v) is 17.7. The van der Waals surface area contributed by atoms with Gasteiger partial charge >= 0.3 is 0 Å². The number of methoxy groups -OCH3 is 4. The van der Waals surface area contributed by atoms with Crippen LogP contribution in [0.5, 0.6) is 23.0 Å². The zero-order chi connectivity index (χ0) is 19.8. The van der Waals surface area contributed by atoms with Gasteiger partial charge in [0.1, 0.15) is 19.0 Å². The van der Waals surface area contributed by atoms with E-state index >= 15 is 0 Å². The molecule has 148 valence electrons. The molecular weight excluding hydrogens is 416 g/mol. The molecule has 0 aliphatic carbocycles. The lowest BCUT2D eigenvalue weighted by Gasteiger charge is -2.26. The first-order valence-corrected chi connectivity index (χ1v) is 9.16. The van der Waals surface area contributed by atoms with Crippen LogP contribution < -0.4 is 18.9 Å². The Hall–Kier alpha value is -1.96. The van der Waals surface area contributed by atoms with Crippen molar-refractivity contribution < 1.29 is 28.4 Å². The van der Waals surface area contributed by atoms with Crippen molar-refractivity contribution in [2.45, 2.75) is 19.1 Å². The molecule has 0 fully saturated rings. The van der Waals surface area contributed by atoms with Crippen molar-refractivity contribution in [3.8, 4) is 23.0 Å². The molecule has 0 unspecified atom stereocenters. The summed E-state index contributed by atoms with van der Waals surface area (Å²) in [7, 11) is 6.38. The van der Waals surface area contributed by atoms with Crippen LogP contribution in [0.1, 0.15) is 18.6 Å². The van der Waals surface area contributed by atoms with Crippen LogP contribution in [0.4, 0.5) is 0 Å². The van der Waals surface area contributed by atoms with Gasteiger partial charge in [-0.1, -0.05) is 22.0 Å². The average molecular weight is 441 g/mol. The molecule has 0 radical (unpaired) electrons. The molecule has 2 rings (SSSR count). The van der Waals surface area contributed by atoms with E-state index in [0.29, 0.717) is 23.0 Å². The quantitative estimate of drug-likeness (QED) is 0.503. The maximum atomic E-state index is 6.14. The second kappa shape index (κ2) is 10.4. The number of ether oxygens (including phenoxy) is 6. The SMILES string of the molecule is COCO[C@H](c1ccc(OC)c(OC)c1)[C@@H](C)Oc1ccc(Br)cc1OC. The first-order valence-electron chi connectivity index (χ1n) is 8.36. The van der Waals surface area contributed by atoms with E-state index in [4.69, 9.17) is 28.4 Å². The number of halogens is 1. The number of rotatable bonds is 10. The molecule has 2 aromatic rings. The highest BCUT2D eigenvalue weighted by atomic mass is 79.9. The van der Waals surface area contributed by atoms with Crippen molar-refractivity contribution >= 4 is 15.9 Å². The van der Waals surface area contributed by atoms with Crippen LogP contribution in [-0.2, 0) is 9.47 Å². The van der Waals surface area contributed by atoms with E-state index in [1.54, 1.807) is 28.4 Å². The fourth-order valence-electron chi connectivity index (χ4n) is 2.67. The van der Waals surface area contributed by atoms with Crippen LogP contribution in [-0.4, -0.2) is 41.3 Å². The van der Waals surface area contributed by atoms with Crippen LogP contribution in [0, 0.1) is 0 Å². The van der Waals surface area contributed by atoms with Crippen molar-refractivity contribution in [2.24, 2.45) is 0 Å². The highest BCUT2D eigenvalue weighted by Crippen LogP contribution is 2.36. The Morgan fingerprint density at radius 1 is 0.815 bits per heavy atom. The van der Waals surface area contributed by atoms with Crippen LogP contribution in [0.3, 0.4) is 0 Å². The molecule has 27 heavy (non-hydrogen) atoms. The third-order valence-corrected chi connectivity index (χ3v) is 4.46. The molecule has 2 aromatic carbocycles. The fraction of sp³-hybridized carbons (Fsp3) is 0.400. The lowest BCUT2D eigenvalue weighted by atomic mass is 10.0. The Morgan fingerprint density at radius 3 is 2.07 bits per heavy atom. The molecular formula is C20H25BrO6. The van der Waals surface area contributed by atoms with Crippen molar-refractivity contribution in [1.29, 1.82) is 0 Å². The number of hydrogen-bond acceptors (Lipinski definition) is 6. The van der Waals surface area contributed by atoms with Gasteiger partial charge in [0.25, 0.3) is 0 Å². The molecule has 0 N–H and O–H groups in total. The molecule has 0 bridgehead atoms. The first-order chi connectivity index (χ1) is 13.0. The molecule has 0 aliphatic rings. The topological polar surface area (TPSA) is 55.4 Å². The van der Waals surface area contributed by atoms with E-state index in [2.05, 4.69) is 15.9 Å². The maximum absolute atomic E-state index is 6.14. The molecule has 0 aromatic heterocycles. The van der Waals surface area contributed by atoms with E-state index in [9.17, 15) is 0 Å². The van der Waals surface area contributed by atoms with Gasteiger partial charge < -0.3 is 28.4 Å². The Labute approximate surface area is 168 Å². The highest BCUT2D eigenvalue weighted by Gasteiger charge is 2.24. The van der Waals surface area contributed by atoms with Gasteiger partial charge in [0.05, 0.1) is 21.3 Å². The monoisotopic (exact) mass is 440 g/mol. The summed E-state index contributed by atoms with van der Waals surface area (Å²) >= 11 is 3.43. The molecule has 0 aliphatic heterocycles. The molecule has 2 atom stereocenters. The molecule has 0 spiro atoms. The largest absolute Gasteiger partial charge is 0.493 e. The summed E-state index contributed by atoms with van der Waals surface area (Å²) in [6, 6.07) is 11.2. The summed E-state index contributed by atoms with van der Waals surface area (Å²) in [4.78, 5) is 0. The normalized spacial score (nSPS) is 13.0. The van der Waals surface area contributed by atoms with Gasteiger partial charge in [0.2, 0.25) is 0 Å². The Kier molecular flexibility index (Phi) is 8.22. The summed E-state index contributed by atoms with van der Waals surface area (Å²) in [5, 5.41) is 0. The average Bonchev–Trinajstić information content (AvgIpc) is 2.69. The van der Waals surface area contributed by atoms with Crippen molar-refractivity contribution in [3.63, 3.8) is 0 Å². The van der Waals surface area contributed by atoms with Gasteiger partial charge in [-0.15, -0.1) is 0 Å². The minimum absolute atomic E-state index is 0.129. The van der Waals surface area contributed by atoms with E-state index in [0.717, 1.165) is 10.0 Å². The van der Waals surface area contributed by atoms with E-state index < -0.39 is 6.10 Å². The van der Waals surface area contributed by atoms with E-state index in [1.165, 1.54) is 0 Å². The highest BCUT2D eigenvalue weighted by molar-refractivity contribution is 9.10. The molecule has 0 saturated carbocycles. The van der Waals surface area contributed by atoms with Gasteiger partial charge in [-0.25, -0.2) is 0 Å². The van der Waals surface area contributed by atoms with Crippen molar-refractivity contribution in [2.75, 3.05) is 35.2 Å². The maximum Gasteiger partial charge on any atom is 0.161 e. The third-order valence-electron chi connectivity index (χ3n) is 3.97. The summed E-state index contributed by atoms with van der Waals surface area (Å²) in [6.45, 7) is 2.06. The Balaban J connectivity index is 2.30. The molecule has 0 heterocycles. The van der Waals surface area contributed by atoms with Gasteiger partial charge in [0.15, 0.2) is 23.0 Å². The van der Waals surface area contributed by atoms with Gasteiger partial charge in [0, 0.05) is 11.6 Å². The molecule has 7 heteroatoms. The minimum Gasteiger partial charge on any atom is -0.493 e. The predicted octanol–water partition coefficient (Wildman–Crippen LogP) is 4.60. The standard InChI is InChI=1S/C20H25BrO6/c1-13(27-17-9-7-15(21)11-19(17)25-5)20(26-12-22-2)14-6-8-16(23-3)18(10-14)24-4/h6-11,13,20H,12H2,1-5H3/t13-,20+/m1/s1. The Bertz CT molecular complexity index is 736. The Morgan fingerprint density at radius 2 is 1.44 bits per heavy atom. The lowest BCUT2D eigenvalue weighted by Crippen LogP contribution is -2.25. The number of hydrogen-bond donors (Lipinski definition) is 0. The van der Waals surface area contributed by atoms with Gasteiger partial charge in [-0.3, -0.25) is 0 Å². The van der Waals surface area contributed by atoms with Crippen molar-refractivity contribution in [1.82, 2.24) is 0 Å². The molecule has 0 saturated heterocycles. The molecule has 6 nitrogen and oxygen atoms in total. The summed E-state index contributed by atoms with van der Waals surface area (Å²) < 4.78 is 34.1. The van der Waals surface area contributed by atoms with E-state index in [1.807, 2.05) is 43.3 Å². The first kappa shape index (κ1) is 21.3. The van der Waals surface area contributed by atoms with Gasteiger partial charge in [-0.2, -0.15) is 0 Å². The summed E-state index contributed by atoms with van der Waals surface area (Å²) in [5.41, 5.74) is 0.883. The van der Waals surface area contributed by atoms with Gasteiger partial charge in [-0.05, 0) is 42.8 Å².